The van der Waals surface area contributed by atoms with E-state index in [9.17, 15) is 18.0 Å². The number of nitrogens with one attached hydrogen (secondary N) is 1. The minimum atomic E-state index is -4.71. The Morgan fingerprint density at radius 3 is 2.37 bits per heavy atom. The molecule has 2 aromatic heterocycles. The SMILES string of the molecule is CCc1nc2cc(C)ccn2c1C(=O)NCc1ccc(N2CCC(COc3ccc(OC(F)(F)F)cc3)CC2)cc1. The monoisotopic (exact) mass is 566 g/mol. The Morgan fingerprint density at radius 2 is 1.71 bits per heavy atom. The predicted molar refractivity (Wildman–Crippen MR) is 150 cm³/mol. The largest absolute Gasteiger partial charge is 0.573 e. The van der Waals surface area contributed by atoms with Crippen LogP contribution in [0.15, 0.2) is 66.9 Å². The van der Waals surface area contributed by atoms with Crippen molar-refractivity contribution in [2.75, 3.05) is 24.6 Å². The summed E-state index contributed by atoms with van der Waals surface area (Å²) < 4.78 is 48.5. The maximum Gasteiger partial charge on any atom is 0.573 e. The molecule has 41 heavy (non-hydrogen) atoms. The molecule has 0 saturated carbocycles. The van der Waals surface area contributed by atoms with E-state index in [2.05, 4.69) is 32.1 Å². The molecule has 2 aromatic carbocycles. The van der Waals surface area contributed by atoms with E-state index in [1.54, 1.807) is 0 Å². The van der Waals surface area contributed by atoms with Crippen molar-refractivity contribution in [3.63, 3.8) is 0 Å². The van der Waals surface area contributed by atoms with Crippen molar-refractivity contribution in [2.45, 2.75) is 46.0 Å². The molecule has 1 aliphatic heterocycles. The lowest BCUT2D eigenvalue weighted by Crippen LogP contribution is -2.35. The van der Waals surface area contributed by atoms with Gasteiger partial charge in [0.2, 0.25) is 0 Å². The highest BCUT2D eigenvalue weighted by Crippen LogP contribution is 2.27. The summed E-state index contributed by atoms with van der Waals surface area (Å²) in [4.78, 5) is 20.0. The van der Waals surface area contributed by atoms with Crippen molar-refractivity contribution in [3.05, 3.63) is 89.4 Å². The second-order valence-corrected chi connectivity index (χ2v) is 10.3. The van der Waals surface area contributed by atoms with E-state index in [0.717, 1.165) is 54.1 Å². The molecule has 3 heterocycles. The molecule has 0 unspecified atom stereocenters. The highest BCUT2D eigenvalue weighted by molar-refractivity contribution is 5.94. The molecule has 7 nitrogen and oxygen atoms in total. The zero-order chi connectivity index (χ0) is 29.0. The number of alkyl halides is 3. The van der Waals surface area contributed by atoms with Crippen LogP contribution in [0.2, 0.25) is 0 Å². The van der Waals surface area contributed by atoms with Gasteiger partial charge in [0.05, 0.1) is 12.3 Å². The summed E-state index contributed by atoms with van der Waals surface area (Å²) in [6.07, 6.45) is -0.238. The Bertz CT molecular complexity index is 1480. The zero-order valence-electron chi connectivity index (χ0n) is 23.1. The number of rotatable bonds is 9. The third-order valence-corrected chi connectivity index (χ3v) is 7.32. The number of fused-ring (bicyclic) bond motifs is 1. The molecule has 0 bridgehead atoms. The van der Waals surface area contributed by atoms with E-state index < -0.39 is 6.36 Å². The fourth-order valence-electron chi connectivity index (χ4n) is 5.08. The highest BCUT2D eigenvalue weighted by atomic mass is 19.4. The van der Waals surface area contributed by atoms with E-state index in [4.69, 9.17) is 4.74 Å². The Balaban J connectivity index is 1.09. The fourth-order valence-corrected chi connectivity index (χ4v) is 5.08. The number of hydrogen-bond donors (Lipinski definition) is 1. The second kappa shape index (κ2) is 12.1. The van der Waals surface area contributed by atoms with E-state index in [0.29, 0.717) is 36.9 Å². The number of pyridine rings is 1. The first-order valence-corrected chi connectivity index (χ1v) is 13.8. The maximum absolute atomic E-state index is 13.1. The molecule has 1 aliphatic rings. The third-order valence-electron chi connectivity index (χ3n) is 7.32. The molecule has 1 amide bonds. The van der Waals surface area contributed by atoms with Crippen LogP contribution in [0, 0.1) is 12.8 Å². The quantitative estimate of drug-likeness (QED) is 0.257. The Hall–Kier alpha value is -4.21. The minimum absolute atomic E-state index is 0.142. The van der Waals surface area contributed by atoms with Crippen molar-refractivity contribution in [1.82, 2.24) is 14.7 Å². The van der Waals surface area contributed by atoms with Crippen molar-refractivity contribution >= 4 is 17.2 Å². The first-order chi connectivity index (χ1) is 19.7. The van der Waals surface area contributed by atoms with Crippen molar-refractivity contribution in [1.29, 1.82) is 0 Å². The van der Waals surface area contributed by atoms with Crippen molar-refractivity contribution in [3.8, 4) is 11.5 Å². The van der Waals surface area contributed by atoms with E-state index in [1.807, 2.05) is 48.7 Å². The number of imidazole rings is 1. The average Bonchev–Trinajstić information content (AvgIpc) is 3.33. The number of aryl methyl sites for hydroxylation is 2. The first-order valence-electron chi connectivity index (χ1n) is 13.8. The van der Waals surface area contributed by atoms with Gasteiger partial charge in [-0.25, -0.2) is 4.98 Å². The van der Waals surface area contributed by atoms with Crippen LogP contribution < -0.4 is 19.7 Å². The molecular formula is C31H33F3N4O3. The normalized spacial score (nSPS) is 14.3. The fraction of sp³-hybridized carbons (Fsp3) is 0.355. The summed E-state index contributed by atoms with van der Waals surface area (Å²) >= 11 is 0. The van der Waals surface area contributed by atoms with E-state index in [1.165, 1.54) is 24.3 Å². The molecule has 1 N–H and O–H groups in total. The molecule has 0 spiro atoms. The van der Waals surface area contributed by atoms with Gasteiger partial charge in [0.25, 0.3) is 5.91 Å². The van der Waals surface area contributed by atoms with Gasteiger partial charge in [0.1, 0.15) is 22.8 Å². The molecule has 4 aromatic rings. The third kappa shape index (κ3) is 7.11. The molecule has 0 aliphatic carbocycles. The van der Waals surface area contributed by atoms with Crippen molar-refractivity contribution in [2.24, 2.45) is 5.92 Å². The van der Waals surface area contributed by atoms with Crippen LogP contribution >= 0.6 is 0 Å². The minimum Gasteiger partial charge on any atom is -0.493 e. The predicted octanol–water partition coefficient (Wildman–Crippen LogP) is 6.33. The van der Waals surface area contributed by atoms with Gasteiger partial charge in [-0.15, -0.1) is 13.2 Å². The van der Waals surface area contributed by atoms with Crippen LogP contribution in [0.4, 0.5) is 18.9 Å². The van der Waals surface area contributed by atoms with Gasteiger partial charge in [-0.05, 0) is 91.8 Å². The number of nitrogens with zero attached hydrogens (tertiary/aromatic N) is 3. The lowest BCUT2D eigenvalue weighted by atomic mass is 9.97. The number of amides is 1. The summed E-state index contributed by atoms with van der Waals surface area (Å²) in [6, 6.07) is 17.7. The number of halogens is 3. The molecule has 216 valence electrons. The van der Waals surface area contributed by atoms with Crippen molar-refractivity contribution < 1.29 is 27.4 Å². The molecule has 0 atom stereocenters. The first kappa shape index (κ1) is 28.3. The standard InChI is InChI=1S/C31H33F3N4O3/c1-3-27-29(38-17-12-21(2)18-28(38)36-27)30(39)35-19-22-4-6-24(7-5-22)37-15-13-23(14-16-37)20-40-25-8-10-26(11-9-25)41-31(32,33)34/h4-12,17-18,23H,3,13-16,19-20H2,1-2H3,(H,35,39). The van der Waals surface area contributed by atoms with E-state index >= 15 is 0 Å². The van der Waals surface area contributed by atoms with Crippen LogP contribution in [-0.4, -0.2) is 41.4 Å². The molecule has 1 saturated heterocycles. The van der Waals surface area contributed by atoms with Crippen LogP contribution in [0.3, 0.4) is 0 Å². The number of benzene rings is 2. The van der Waals surface area contributed by atoms with Crippen LogP contribution in [0.25, 0.3) is 5.65 Å². The van der Waals surface area contributed by atoms with Gasteiger partial charge in [-0.1, -0.05) is 19.1 Å². The van der Waals surface area contributed by atoms with Gasteiger partial charge in [0, 0.05) is 31.5 Å². The zero-order valence-corrected chi connectivity index (χ0v) is 23.1. The number of carbonyl (C=O) groups excluding carboxylic acids is 1. The number of ether oxygens (including phenoxy) is 2. The summed E-state index contributed by atoms with van der Waals surface area (Å²) in [5.74, 6) is 0.479. The van der Waals surface area contributed by atoms with Gasteiger partial charge < -0.3 is 19.7 Å². The lowest BCUT2D eigenvalue weighted by Gasteiger charge is -2.33. The lowest BCUT2D eigenvalue weighted by molar-refractivity contribution is -0.274. The number of carbonyl (C=O) groups is 1. The van der Waals surface area contributed by atoms with Gasteiger partial charge >= 0.3 is 6.36 Å². The van der Waals surface area contributed by atoms with E-state index in [-0.39, 0.29) is 11.7 Å². The Kier molecular flexibility index (Phi) is 8.37. The van der Waals surface area contributed by atoms with Gasteiger partial charge in [-0.3, -0.25) is 9.20 Å². The van der Waals surface area contributed by atoms with Crippen LogP contribution in [0.5, 0.6) is 11.5 Å². The van der Waals surface area contributed by atoms with Gasteiger partial charge in [-0.2, -0.15) is 0 Å². The Labute approximate surface area is 236 Å². The molecular weight excluding hydrogens is 533 g/mol. The topological polar surface area (TPSA) is 68.1 Å². The summed E-state index contributed by atoms with van der Waals surface area (Å²) in [7, 11) is 0. The summed E-state index contributed by atoms with van der Waals surface area (Å²) in [5, 5.41) is 3.04. The van der Waals surface area contributed by atoms with Gasteiger partial charge in [0.15, 0.2) is 0 Å². The maximum atomic E-state index is 13.1. The number of piperidine rings is 1. The Morgan fingerprint density at radius 1 is 1.02 bits per heavy atom. The molecule has 5 rings (SSSR count). The number of aromatic nitrogens is 2. The number of hydrogen-bond acceptors (Lipinski definition) is 5. The van der Waals surface area contributed by atoms with Crippen LogP contribution in [0.1, 0.15) is 47.1 Å². The molecule has 1 fully saturated rings. The highest BCUT2D eigenvalue weighted by Gasteiger charge is 2.31. The summed E-state index contributed by atoms with van der Waals surface area (Å²) in [5.41, 5.74) is 5.39. The molecule has 0 radical (unpaired) electrons. The average molecular weight is 567 g/mol. The second-order valence-electron chi connectivity index (χ2n) is 10.3. The molecule has 10 heteroatoms. The van der Waals surface area contributed by atoms with Crippen LogP contribution in [-0.2, 0) is 13.0 Å². The number of anilines is 1. The summed E-state index contributed by atoms with van der Waals surface area (Å²) in [6.45, 7) is 6.71. The smallest absolute Gasteiger partial charge is 0.493 e.